The Labute approximate surface area is 113 Å². The minimum atomic E-state index is 0.480. The van der Waals surface area contributed by atoms with Gasteiger partial charge >= 0.3 is 0 Å². The Morgan fingerprint density at radius 3 is 3.00 bits per heavy atom. The molecule has 2 N–H and O–H groups in total. The van der Waals surface area contributed by atoms with Crippen LogP contribution in [0.25, 0.3) is 16.1 Å². The number of nitrogens with two attached hydrogens (primary N) is 1. The van der Waals surface area contributed by atoms with E-state index in [0.29, 0.717) is 16.7 Å². The molecule has 3 aromatic rings. The van der Waals surface area contributed by atoms with E-state index in [0.717, 1.165) is 16.1 Å². The van der Waals surface area contributed by atoms with Crippen LogP contribution in [0, 0.1) is 0 Å². The van der Waals surface area contributed by atoms with Gasteiger partial charge in [0.25, 0.3) is 0 Å². The van der Waals surface area contributed by atoms with Crippen LogP contribution in [0.1, 0.15) is 0 Å². The number of fused-ring (bicyclic) bond motifs is 1. The predicted octanol–water partition coefficient (Wildman–Crippen LogP) is 3.31. The number of thiazole rings is 1. The van der Waals surface area contributed by atoms with Crippen molar-refractivity contribution in [3.63, 3.8) is 0 Å². The van der Waals surface area contributed by atoms with Gasteiger partial charge in [-0.2, -0.15) is 0 Å². The molecule has 0 aliphatic heterocycles. The summed E-state index contributed by atoms with van der Waals surface area (Å²) >= 11 is 7.73. The molecule has 2 aromatic heterocycles. The quantitative estimate of drug-likeness (QED) is 0.783. The second-order valence-corrected chi connectivity index (χ2v) is 5.06. The molecule has 0 saturated heterocycles. The molecular weight excluding hydrogens is 270 g/mol. The standard InChI is InChI=1S/C12H10ClN3OS/c1-17-10-3-2-7(4-8(10)13)9-6-18-11-5-15-12(14)16(9)11/h2-6H,1H3,(H2,14,15). The molecule has 18 heavy (non-hydrogen) atoms. The van der Waals surface area contributed by atoms with Crippen molar-refractivity contribution in [2.45, 2.75) is 0 Å². The van der Waals surface area contributed by atoms with Crippen molar-refractivity contribution in [2.75, 3.05) is 12.8 Å². The lowest BCUT2D eigenvalue weighted by molar-refractivity contribution is 0.415. The van der Waals surface area contributed by atoms with Crippen molar-refractivity contribution in [3.05, 3.63) is 34.8 Å². The summed E-state index contributed by atoms with van der Waals surface area (Å²) in [4.78, 5) is 5.10. The Morgan fingerprint density at radius 2 is 2.28 bits per heavy atom. The Morgan fingerprint density at radius 1 is 1.44 bits per heavy atom. The molecule has 0 saturated carbocycles. The van der Waals surface area contributed by atoms with Crippen LogP contribution in [0.4, 0.5) is 5.95 Å². The van der Waals surface area contributed by atoms with Gasteiger partial charge in [-0.15, -0.1) is 11.3 Å². The Kier molecular flexibility index (Phi) is 2.65. The molecule has 0 radical (unpaired) electrons. The summed E-state index contributed by atoms with van der Waals surface area (Å²) in [6.07, 6.45) is 1.76. The first kappa shape index (κ1) is 11.4. The topological polar surface area (TPSA) is 52.5 Å². The first-order chi connectivity index (χ1) is 8.70. The van der Waals surface area contributed by atoms with Gasteiger partial charge in [-0.3, -0.25) is 4.40 Å². The molecule has 0 spiro atoms. The van der Waals surface area contributed by atoms with Gasteiger partial charge in [-0.05, 0) is 18.2 Å². The summed E-state index contributed by atoms with van der Waals surface area (Å²) in [5.74, 6) is 1.14. The van der Waals surface area contributed by atoms with Crippen molar-refractivity contribution in [3.8, 4) is 17.0 Å². The second-order valence-electron chi connectivity index (χ2n) is 3.76. The summed E-state index contributed by atoms with van der Waals surface area (Å²) in [5.41, 5.74) is 7.82. The van der Waals surface area contributed by atoms with E-state index in [-0.39, 0.29) is 0 Å². The third kappa shape index (κ3) is 1.63. The van der Waals surface area contributed by atoms with Crippen molar-refractivity contribution < 1.29 is 4.74 Å². The molecule has 0 fully saturated rings. The summed E-state index contributed by atoms with van der Waals surface area (Å²) in [5, 5.41) is 2.61. The number of anilines is 1. The van der Waals surface area contributed by atoms with Gasteiger partial charge in [-0.1, -0.05) is 11.6 Å². The molecule has 6 heteroatoms. The van der Waals surface area contributed by atoms with Crippen LogP contribution in [0.15, 0.2) is 29.8 Å². The van der Waals surface area contributed by atoms with Gasteiger partial charge in [0, 0.05) is 10.9 Å². The molecule has 0 bridgehead atoms. The van der Waals surface area contributed by atoms with Crippen LogP contribution in [0.3, 0.4) is 0 Å². The highest BCUT2D eigenvalue weighted by Crippen LogP contribution is 2.33. The van der Waals surface area contributed by atoms with Gasteiger partial charge in [0.1, 0.15) is 10.6 Å². The van der Waals surface area contributed by atoms with Crippen LogP contribution in [0.5, 0.6) is 5.75 Å². The summed E-state index contributed by atoms with van der Waals surface area (Å²) in [6, 6.07) is 5.65. The van der Waals surface area contributed by atoms with Crippen LogP contribution >= 0.6 is 22.9 Å². The van der Waals surface area contributed by atoms with E-state index >= 15 is 0 Å². The van der Waals surface area contributed by atoms with E-state index in [1.165, 1.54) is 0 Å². The number of hydrogen-bond donors (Lipinski definition) is 1. The lowest BCUT2D eigenvalue weighted by atomic mass is 10.1. The number of halogens is 1. The van der Waals surface area contributed by atoms with E-state index in [9.17, 15) is 0 Å². The summed E-state index contributed by atoms with van der Waals surface area (Å²) in [6.45, 7) is 0. The zero-order chi connectivity index (χ0) is 12.7. The maximum atomic E-state index is 6.13. The van der Waals surface area contributed by atoms with Gasteiger partial charge in [0.05, 0.1) is 24.0 Å². The van der Waals surface area contributed by atoms with Crippen molar-refractivity contribution >= 4 is 33.7 Å². The minimum absolute atomic E-state index is 0.480. The molecule has 1 aromatic carbocycles. The number of nitrogen functional groups attached to an aromatic ring is 1. The highest BCUT2D eigenvalue weighted by Gasteiger charge is 2.11. The zero-order valence-electron chi connectivity index (χ0n) is 9.55. The third-order valence-electron chi connectivity index (χ3n) is 2.74. The molecule has 0 unspecified atom stereocenters. The second kappa shape index (κ2) is 4.19. The maximum absolute atomic E-state index is 6.13. The number of hydrogen-bond acceptors (Lipinski definition) is 4. The average Bonchev–Trinajstić information content (AvgIpc) is 2.93. The van der Waals surface area contributed by atoms with Crippen LogP contribution in [-0.4, -0.2) is 16.5 Å². The fraction of sp³-hybridized carbons (Fsp3) is 0.0833. The first-order valence-electron chi connectivity index (χ1n) is 5.25. The fourth-order valence-electron chi connectivity index (χ4n) is 1.87. The van der Waals surface area contributed by atoms with E-state index < -0.39 is 0 Å². The number of nitrogens with zero attached hydrogens (tertiary/aromatic N) is 2. The third-order valence-corrected chi connectivity index (χ3v) is 3.90. The molecule has 0 amide bonds. The number of ether oxygens (including phenoxy) is 1. The van der Waals surface area contributed by atoms with E-state index in [1.54, 1.807) is 24.6 Å². The lowest BCUT2D eigenvalue weighted by Gasteiger charge is -2.06. The lowest BCUT2D eigenvalue weighted by Crippen LogP contribution is -1.95. The Bertz CT molecular complexity index is 719. The smallest absolute Gasteiger partial charge is 0.206 e. The highest BCUT2D eigenvalue weighted by molar-refractivity contribution is 7.16. The van der Waals surface area contributed by atoms with Gasteiger partial charge < -0.3 is 10.5 Å². The predicted molar refractivity (Wildman–Crippen MR) is 74.5 cm³/mol. The SMILES string of the molecule is COc1ccc(-c2csc3cnc(N)n23)cc1Cl. The monoisotopic (exact) mass is 279 g/mol. The van der Waals surface area contributed by atoms with Crippen LogP contribution in [-0.2, 0) is 0 Å². The largest absolute Gasteiger partial charge is 0.495 e. The van der Waals surface area contributed by atoms with E-state index in [1.807, 2.05) is 28.0 Å². The molecule has 0 atom stereocenters. The Balaban J connectivity index is 2.20. The van der Waals surface area contributed by atoms with Crippen LogP contribution < -0.4 is 10.5 Å². The summed E-state index contributed by atoms with van der Waals surface area (Å²) in [7, 11) is 1.59. The van der Waals surface area contributed by atoms with Gasteiger partial charge in [-0.25, -0.2) is 4.98 Å². The van der Waals surface area contributed by atoms with Crippen molar-refractivity contribution in [2.24, 2.45) is 0 Å². The number of imidazole rings is 1. The highest BCUT2D eigenvalue weighted by atomic mass is 35.5. The fourth-order valence-corrected chi connectivity index (χ4v) is 3.01. The summed E-state index contributed by atoms with van der Waals surface area (Å²) < 4.78 is 7.05. The number of rotatable bonds is 2. The average molecular weight is 280 g/mol. The number of methoxy groups -OCH3 is 1. The number of aromatic nitrogens is 2. The van der Waals surface area contributed by atoms with E-state index in [4.69, 9.17) is 22.1 Å². The molecule has 4 nitrogen and oxygen atoms in total. The number of benzene rings is 1. The molecular formula is C12H10ClN3OS. The first-order valence-corrected chi connectivity index (χ1v) is 6.51. The van der Waals surface area contributed by atoms with Crippen molar-refractivity contribution in [1.29, 1.82) is 0 Å². The maximum Gasteiger partial charge on any atom is 0.206 e. The normalized spacial score (nSPS) is 11.0. The van der Waals surface area contributed by atoms with Gasteiger partial charge in [0.2, 0.25) is 5.95 Å². The van der Waals surface area contributed by atoms with Gasteiger partial charge in [0.15, 0.2) is 0 Å². The molecule has 92 valence electrons. The molecule has 0 aliphatic rings. The van der Waals surface area contributed by atoms with E-state index in [2.05, 4.69) is 4.98 Å². The van der Waals surface area contributed by atoms with Crippen molar-refractivity contribution in [1.82, 2.24) is 9.38 Å². The molecule has 3 rings (SSSR count). The molecule has 0 aliphatic carbocycles. The Hall–Kier alpha value is -1.72. The van der Waals surface area contributed by atoms with Crippen LogP contribution in [0.2, 0.25) is 5.02 Å². The zero-order valence-corrected chi connectivity index (χ0v) is 11.1. The molecule has 2 heterocycles. The minimum Gasteiger partial charge on any atom is -0.495 e.